The molecule has 0 aromatic heterocycles. The van der Waals surface area contributed by atoms with Gasteiger partial charge in [-0.05, 0) is 29.6 Å². The van der Waals surface area contributed by atoms with E-state index in [4.69, 9.17) is 0 Å². The zero-order valence-electron chi connectivity index (χ0n) is 9.50. The van der Waals surface area contributed by atoms with Gasteiger partial charge in [-0.2, -0.15) is 0 Å². The van der Waals surface area contributed by atoms with Crippen LogP contribution in [-0.2, 0) is 4.79 Å². The molecular formula is C14H16O. The van der Waals surface area contributed by atoms with Crippen molar-refractivity contribution in [2.24, 2.45) is 5.41 Å². The average Bonchev–Trinajstić information content (AvgIpc) is 2.41. The van der Waals surface area contributed by atoms with Crippen LogP contribution in [0.5, 0.6) is 0 Å². The lowest BCUT2D eigenvalue weighted by atomic mass is 9.82. The molecule has 1 aromatic rings. The lowest BCUT2D eigenvalue weighted by Gasteiger charge is -2.21. The van der Waals surface area contributed by atoms with Gasteiger partial charge in [0.1, 0.15) is 0 Å². The van der Waals surface area contributed by atoms with E-state index >= 15 is 0 Å². The lowest BCUT2D eigenvalue weighted by molar-refractivity contribution is -0.114. The summed E-state index contributed by atoms with van der Waals surface area (Å²) in [5, 5.41) is 0. The third-order valence-corrected chi connectivity index (χ3v) is 3.01. The molecule has 2 rings (SSSR count). The SMILES string of the molecule is Cc1ccc(C2=CC(=O)CC2(C)C)cc1. The molecule has 1 heteroatoms. The van der Waals surface area contributed by atoms with Crippen LogP contribution in [0.4, 0.5) is 0 Å². The zero-order valence-corrected chi connectivity index (χ0v) is 9.50. The average molecular weight is 200 g/mol. The molecule has 1 aliphatic rings. The zero-order chi connectivity index (χ0) is 11.1. The van der Waals surface area contributed by atoms with Crippen LogP contribution in [0.2, 0.25) is 0 Å². The number of allylic oxidation sites excluding steroid dienone is 2. The normalized spacial score (nSPS) is 19.1. The molecule has 0 radical (unpaired) electrons. The topological polar surface area (TPSA) is 17.1 Å². The van der Waals surface area contributed by atoms with Gasteiger partial charge in [0.2, 0.25) is 0 Å². The minimum Gasteiger partial charge on any atom is -0.295 e. The van der Waals surface area contributed by atoms with E-state index in [9.17, 15) is 4.79 Å². The Labute approximate surface area is 90.8 Å². The molecule has 0 saturated heterocycles. The van der Waals surface area contributed by atoms with Crippen molar-refractivity contribution >= 4 is 11.4 Å². The maximum Gasteiger partial charge on any atom is 0.156 e. The van der Waals surface area contributed by atoms with Crippen molar-refractivity contribution in [2.75, 3.05) is 0 Å². The van der Waals surface area contributed by atoms with Crippen molar-refractivity contribution < 1.29 is 4.79 Å². The second-order valence-electron chi connectivity index (χ2n) is 4.95. The first-order chi connectivity index (χ1) is 6.99. The smallest absolute Gasteiger partial charge is 0.156 e. The van der Waals surface area contributed by atoms with Crippen LogP contribution in [0.1, 0.15) is 31.4 Å². The van der Waals surface area contributed by atoms with Crippen molar-refractivity contribution in [2.45, 2.75) is 27.2 Å². The molecule has 0 heterocycles. The molecule has 1 nitrogen and oxygen atoms in total. The summed E-state index contributed by atoms with van der Waals surface area (Å²) in [7, 11) is 0. The van der Waals surface area contributed by atoms with Gasteiger partial charge in [0, 0.05) is 6.42 Å². The monoisotopic (exact) mass is 200 g/mol. The Morgan fingerprint density at radius 3 is 2.20 bits per heavy atom. The van der Waals surface area contributed by atoms with E-state index in [2.05, 4.69) is 45.0 Å². The second kappa shape index (κ2) is 3.34. The van der Waals surface area contributed by atoms with Crippen LogP contribution in [0.3, 0.4) is 0 Å². The molecule has 0 atom stereocenters. The van der Waals surface area contributed by atoms with Crippen LogP contribution in [0.25, 0.3) is 5.57 Å². The van der Waals surface area contributed by atoms with E-state index in [0.717, 1.165) is 0 Å². The molecule has 1 aliphatic carbocycles. The number of carbonyl (C=O) groups is 1. The number of benzene rings is 1. The first kappa shape index (κ1) is 10.2. The summed E-state index contributed by atoms with van der Waals surface area (Å²) < 4.78 is 0. The Kier molecular flexibility index (Phi) is 2.26. The number of carbonyl (C=O) groups excluding carboxylic acids is 1. The van der Waals surface area contributed by atoms with Crippen LogP contribution >= 0.6 is 0 Å². The number of aryl methyl sites for hydroxylation is 1. The van der Waals surface area contributed by atoms with Crippen molar-refractivity contribution in [3.05, 3.63) is 41.5 Å². The summed E-state index contributed by atoms with van der Waals surface area (Å²) in [5.41, 5.74) is 3.59. The first-order valence-corrected chi connectivity index (χ1v) is 5.31. The standard InChI is InChI=1S/C14H16O/c1-10-4-6-11(7-5-10)13-8-12(15)9-14(13,2)3/h4-8H,9H2,1-3H3. The molecule has 0 N–H and O–H groups in total. The summed E-state index contributed by atoms with van der Waals surface area (Å²) in [5.74, 6) is 0.246. The Morgan fingerprint density at radius 1 is 1.13 bits per heavy atom. The van der Waals surface area contributed by atoms with E-state index in [1.807, 2.05) is 0 Å². The molecule has 0 aliphatic heterocycles. The quantitative estimate of drug-likeness (QED) is 0.679. The van der Waals surface area contributed by atoms with Crippen LogP contribution in [0, 0.1) is 12.3 Å². The fourth-order valence-corrected chi connectivity index (χ4v) is 2.15. The highest BCUT2D eigenvalue weighted by atomic mass is 16.1. The van der Waals surface area contributed by atoms with Gasteiger partial charge in [0.15, 0.2) is 5.78 Å². The summed E-state index contributed by atoms with van der Waals surface area (Å²) in [6.07, 6.45) is 2.43. The molecule has 0 spiro atoms. The number of hydrogen-bond donors (Lipinski definition) is 0. The highest BCUT2D eigenvalue weighted by Gasteiger charge is 2.32. The van der Waals surface area contributed by atoms with E-state index in [1.165, 1.54) is 16.7 Å². The van der Waals surface area contributed by atoms with E-state index in [0.29, 0.717) is 6.42 Å². The molecule has 15 heavy (non-hydrogen) atoms. The fourth-order valence-electron chi connectivity index (χ4n) is 2.15. The first-order valence-electron chi connectivity index (χ1n) is 5.31. The van der Waals surface area contributed by atoms with Gasteiger partial charge in [-0.1, -0.05) is 43.7 Å². The second-order valence-corrected chi connectivity index (χ2v) is 4.95. The molecule has 1 aromatic carbocycles. The molecule has 0 bridgehead atoms. The summed E-state index contributed by atoms with van der Waals surface area (Å²) >= 11 is 0. The minimum atomic E-state index is -0.00760. The Morgan fingerprint density at radius 2 is 1.73 bits per heavy atom. The fraction of sp³-hybridized carbons (Fsp3) is 0.357. The molecule has 0 unspecified atom stereocenters. The third-order valence-electron chi connectivity index (χ3n) is 3.01. The van der Waals surface area contributed by atoms with Gasteiger partial charge in [-0.15, -0.1) is 0 Å². The van der Waals surface area contributed by atoms with Crippen LogP contribution in [-0.4, -0.2) is 5.78 Å². The highest BCUT2D eigenvalue weighted by molar-refractivity contribution is 6.03. The minimum absolute atomic E-state index is 0.00760. The predicted octanol–water partition coefficient (Wildman–Crippen LogP) is 3.38. The van der Waals surface area contributed by atoms with Gasteiger partial charge in [0.05, 0.1) is 0 Å². The van der Waals surface area contributed by atoms with E-state index < -0.39 is 0 Å². The van der Waals surface area contributed by atoms with Gasteiger partial charge >= 0.3 is 0 Å². The number of rotatable bonds is 1. The van der Waals surface area contributed by atoms with E-state index in [1.54, 1.807) is 6.08 Å². The van der Waals surface area contributed by atoms with Crippen molar-refractivity contribution in [3.8, 4) is 0 Å². The maximum atomic E-state index is 11.4. The van der Waals surface area contributed by atoms with Crippen molar-refractivity contribution in [1.29, 1.82) is 0 Å². The van der Waals surface area contributed by atoms with Crippen molar-refractivity contribution in [3.63, 3.8) is 0 Å². The van der Waals surface area contributed by atoms with Gasteiger partial charge in [-0.25, -0.2) is 0 Å². The highest BCUT2D eigenvalue weighted by Crippen LogP contribution is 2.42. The van der Waals surface area contributed by atoms with E-state index in [-0.39, 0.29) is 11.2 Å². The summed E-state index contributed by atoms with van der Waals surface area (Å²) in [6.45, 7) is 6.33. The summed E-state index contributed by atoms with van der Waals surface area (Å²) in [6, 6.07) is 8.38. The van der Waals surface area contributed by atoms with Gasteiger partial charge in [0.25, 0.3) is 0 Å². The predicted molar refractivity (Wildman–Crippen MR) is 62.6 cm³/mol. The largest absolute Gasteiger partial charge is 0.295 e. The molecule has 78 valence electrons. The maximum absolute atomic E-state index is 11.4. The molecule has 0 amide bonds. The Balaban J connectivity index is 2.43. The number of hydrogen-bond acceptors (Lipinski definition) is 1. The van der Waals surface area contributed by atoms with Gasteiger partial charge < -0.3 is 0 Å². The van der Waals surface area contributed by atoms with Gasteiger partial charge in [-0.3, -0.25) is 4.79 Å². The Bertz CT molecular complexity index is 421. The van der Waals surface area contributed by atoms with Crippen molar-refractivity contribution in [1.82, 2.24) is 0 Å². The third kappa shape index (κ3) is 1.87. The lowest BCUT2D eigenvalue weighted by Crippen LogP contribution is -2.10. The van der Waals surface area contributed by atoms with Crippen LogP contribution < -0.4 is 0 Å². The molecule has 0 saturated carbocycles. The molecular weight excluding hydrogens is 184 g/mol. The summed E-state index contributed by atoms with van der Waals surface area (Å²) in [4.78, 5) is 11.4. The molecule has 0 fully saturated rings. The van der Waals surface area contributed by atoms with Crippen LogP contribution in [0.15, 0.2) is 30.3 Å². The Hall–Kier alpha value is -1.37. The number of ketones is 1.